The summed E-state index contributed by atoms with van der Waals surface area (Å²) in [6.07, 6.45) is 0. The Morgan fingerprint density at radius 1 is 1.23 bits per heavy atom. The largest absolute Gasteiger partial charge is 0.330 e. The summed E-state index contributed by atoms with van der Waals surface area (Å²) in [5.41, 5.74) is 6.96. The van der Waals surface area contributed by atoms with Gasteiger partial charge in [-0.3, -0.25) is 4.90 Å². The lowest BCUT2D eigenvalue weighted by atomic mass is 10.00. The normalized spacial score (nSPS) is 18.5. The van der Waals surface area contributed by atoms with Gasteiger partial charge in [0.25, 0.3) is 0 Å². The molecule has 1 fully saturated rings. The van der Waals surface area contributed by atoms with Crippen molar-refractivity contribution >= 4 is 0 Å². The monoisotopic (exact) mass is 176 g/mol. The Bertz CT molecular complexity index is 252. The van der Waals surface area contributed by atoms with E-state index in [1.807, 2.05) is 0 Å². The summed E-state index contributed by atoms with van der Waals surface area (Å²) in [7, 11) is 0. The van der Waals surface area contributed by atoms with Gasteiger partial charge < -0.3 is 5.73 Å². The lowest BCUT2D eigenvalue weighted by Gasteiger charge is -2.38. The molecule has 0 aromatic heterocycles. The molecule has 1 saturated heterocycles. The minimum atomic E-state index is 0.740. The molecule has 0 saturated carbocycles. The van der Waals surface area contributed by atoms with E-state index in [1.165, 1.54) is 18.7 Å². The van der Waals surface area contributed by atoms with Crippen molar-refractivity contribution in [2.45, 2.75) is 6.54 Å². The second-order valence-corrected chi connectivity index (χ2v) is 3.78. The molecule has 0 atom stereocenters. The first kappa shape index (κ1) is 8.73. The van der Waals surface area contributed by atoms with Crippen LogP contribution in [0.15, 0.2) is 30.3 Å². The van der Waals surface area contributed by atoms with Crippen molar-refractivity contribution in [3.05, 3.63) is 35.9 Å². The molecule has 1 aliphatic heterocycles. The molecule has 0 spiro atoms. The molecule has 1 aliphatic rings. The molecule has 2 heteroatoms. The van der Waals surface area contributed by atoms with E-state index < -0.39 is 0 Å². The number of benzene rings is 1. The summed E-state index contributed by atoms with van der Waals surface area (Å²) in [5, 5.41) is 0. The molecule has 0 unspecified atom stereocenters. The van der Waals surface area contributed by atoms with E-state index in [9.17, 15) is 0 Å². The van der Waals surface area contributed by atoms with Gasteiger partial charge in [-0.15, -0.1) is 0 Å². The van der Waals surface area contributed by atoms with Crippen LogP contribution in [-0.2, 0) is 6.54 Å². The summed E-state index contributed by atoms with van der Waals surface area (Å²) < 4.78 is 0. The summed E-state index contributed by atoms with van der Waals surface area (Å²) >= 11 is 0. The first-order valence-electron chi connectivity index (χ1n) is 4.85. The highest BCUT2D eigenvalue weighted by atomic mass is 15.2. The zero-order valence-corrected chi connectivity index (χ0v) is 7.82. The van der Waals surface area contributed by atoms with Gasteiger partial charge >= 0.3 is 0 Å². The van der Waals surface area contributed by atoms with Gasteiger partial charge in [0.1, 0.15) is 0 Å². The second-order valence-electron chi connectivity index (χ2n) is 3.78. The van der Waals surface area contributed by atoms with E-state index >= 15 is 0 Å². The van der Waals surface area contributed by atoms with Gasteiger partial charge in [0.05, 0.1) is 0 Å². The molecule has 2 N–H and O–H groups in total. The van der Waals surface area contributed by atoms with Gasteiger partial charge in [0.2, 0.25) is 0 Å². The Balaban J connectivity index is 1.81. The maximum absolute atomic E-state index is 5.56. The second kappa shape index (κ2) is 3.90. The van der Waals surface area contributed by atoms with Crippen LogP contribution in [0.3, 0.4) is 0 Å². The van der Waals surface area contributed by atoms with E-state index in [1.54, 1.807) is 0 Å². The molecular weight excluding hydrogens is 160 g/mol. The van der Waals surface area contributed by atoms with Crippen LogP contribution in [0.5, 0.6) is 0 Å². The summed E-state index contributed by atoms with van der Waals surface area (Å²) in [5.74, 6) is 0.740. The van der Waals surface area contributed by atoms with E-state index in [4.69, 9.17) is 5.73 Å². The highest BCUT2D eigenvalue weighted by molar-refractivity contribution is 5.14. The third kappa shape index (κ3) is 2.08. The Labute approximate surface area is 79.4 Å². The third-order valence-corrected chi connectivity index (χ3v) is 2.62. The molecule has 0 amide bonds. The average Bonchev–Trinajstić information content (AvgIpc) is 2.12. The van der Waals surface area contributed by atoms with Gasteiger partial charge in [-0.2, -0.15) is 0 Å². The minimum absolute atomic E-state index is 0.740. The summed E-state index contributed by atoms with van der Waals surface area (Å²) in [4.78, 5) is 2.44. The predicted octanol–water partition coefficient (Wildman–Crippen LogP) is 1.08. The average molecular weight is 176 g/mol. The summed E-state index contributed by atoms with van der Waals surface area (Å²) in [6, 6.07) is 10.6. The standard InChI is InChI=1S/C11H16N2/c12-6-11-8-13(9-11)7-10-4-2-1-3-5-10/h1-5,11H,6-9,12H2. The topological polar surface area (TPSA) is 29.3 Å². The molecule has 13 heavy (non-hydrogen) atoms. The molecule has 70 valence electrons. The van der Waals surface area contributed by atoms with Crippen LogP contribution in [-0.4, -0.2) is 24.5 Å². The Morgan fingerprint density at radius 2 is 1.92 bits per heavy atom. The zero-order chi connectivity index (χ0) is 9.10. The van der Waals surface area contributed by atoms with Crippen LogP contribution in [0.4, 0.5) is 0 Å². The van der Waals surface area contributed by atoms with Crippen LogP contribution in [0.1, 0.15) is 5.56 Å². The van der Waals surface area contributed by atoms with Gasteiger partial charge in [0, 0.05) is 19.6 Å². The Kier molecular flexibility index (Phi) is 2.62. The van der Waals surface area contributed by atoms with E-state index in [2.05, 4.69) is 35.2 Å². The fourth-order valence-electron chi connectivity index (χ4n) is 1.80. The maximum Gasteiger partial charge on any atom is 0.0234 e. The molecule has 2 nitrogen and oxygen atoms in total. The zero-order valence-electron chi connectivity index (χ0n) is 7.82. The minimum Gasteiger partial charge on any atom is -0.330 e. The number of hydrogen-bond acceptors (Lipinski definition) is 2. The third-order valence-electron chi connectivity index (χ3n) is 2.62. The number of nitrogens with two attached hydrogens (primary N) is 1. The number of rotatable bonds is 3. The maximum atomic E-state index is 5.56. The fourth-order valence-corrected chi connectivity index (χ4v) is 1.80. The molecule has 1 heterocycles. The van der Waals surface area contributed by atoms with Crippen molar-refractivity contribution in [3.63, 3.8) is 0 Å². The first-order chi connectivity index (χ1) is 6.38. The van der Waals surface area contributed by atoms with Crippen LogP contribution in [0.2, 0.25) is 0 Å². The molecule has 1 aromatic rings. The fraction of sp³-hybridized carbons (Fsp3) is 0.455. The number of hydrogen-bond donors (Lipinski definition) is 1. The highest BCUT2D eigenvalue weighted by Crippen LogP contribution is 2.16. The molecule has 0 bridgehead atoms. The Morgan fingerprint density at radius 3 is 2.54 bits per heavy atom. The van der Waals surface area contributed by atoms with Crippen molar-refractivity contribution < 1.29 is 0 Å². The first-order valence-corrected chi connectivity index (χ1v) is 4.85. The molecular formula is C11H16N2. The lowest BCUT2D eigenvalue weighted by molar-refractivity contribution is 0.0979. The smallest absolute Gasteiger partial charge is 0.0234 e. The number of nitrogens with zero attached hydrogens (tertiary/aromatic N) is 1. The van der Waals surface area contributed by atoms with Gasteiger partial charge in [-0.05, 0) is 18.0 Å². The van der Waals surface area contributed by atoms with Crippen LogP contribution in [0.25, 0.3) is 0 Å². The lowest BCUT2D eigenvalue weighted by Crippen LogP contribution is -2.49. The summed E-state index contributed by atoms with van der Waals surface area (Å²) in [6.45, 7) is 4.26. The van der Waals surface area contributed by atoms with Crippen molar-refractivity contribution in [1.29, 1.82) is 0 Å². The molecule has 1 aromatic carbocycles. The number of likely N-dealkylation sites (tertiary alicyclic amines) is 1. The predicted molar refractivity (Wildman–Crippen MR) is 54.3 cm³/mol. The van der Waals surface area contributed by atoms with E-state index in [0.29, 0.717) is 0 Å². The van der Waals surface area contributed by atoms with Crippen LogP contribution in [0, 0.1) is 5.92 Å². The van der Waals surface area contributed by atoms with Crippen molar-refractivity contribution in [2.24, 2.45) is 11.7 Å². The quantitative estimate of drug-likeness (QED) is 0.746. The Hall–Kier alpha value is -0.860. The highest BCUT2D eigenvalue weighted by Gasteiger charge is 2.24. The van der Waals surface area contributed by atoms with Crippen molar-refractivity contribution in [2.75, 3.05) is 19.6 Å². The van der Waals surface area contributed by atoms with E-state index in [-0.39, 0.29) is 0 Å². The molecule has 0 aliphatic carbocycles. The van der Waals surface area contributed by atoms with Gasteiger partial charge in [0.15, 0.2) is 0 Å². The van der Waals surface area contributed by atoms with Gasteiger partial charge in [-0.25, -0.2) is 0 Å². The van der Waals surface area contributed by atoms with E-state index in [0.717, 1.165) is 19.0 Å². The SMILES string of the molecule is NCC1CN(Cc2ccccc2)C1. The molecule has 0 radical (unpaired) electrons. The van der Waals surface area contributed by atoms with Crippen molar-refractivity contribution in [3.8, 4) is 0 Å². The van der Waals surface area contributed by atoms with Gasteiger partial charge in [-0.1, -0.05) is 30.3 Å². The van der Waals surface area contributed by atoms with Crippen molar-refractivity contribution in [1.82, 2.24) is 4.90 Å². The van der Waals surface area contributed by atoms with Crippen LogP contribution < -0.4 is 5.73 Å². The molecule has 2 rings (SSSR count). The van der Waals surface area contributed by atoms with Crippen LogP contribution >= 0.6 is 0 Å².